The van der Waals surface area contributed by atoms with Crippen LogP contribution in [0.2, 0.25) is 0 Å². The minimum absolute atomic E-state index is 0.0399. The Kier molecular flexibility index (Phi) is 3.35. The van der Waals surface area contributed by atoms with E-state index in [1.165, 1.54) is 10.4 Å². The number of hydrogen-bond acceptors (Lipinski definition) is 2. The van der Waals surface area contributed by atoms with Gasteiger partial charge in [-0.2, -0.15) is 0 Å². The fraction of sp³-hybridized carbons (Fsp3) is 0.143. The van der Waals surface area contributed by atoms with Crippen LogP contribution in [-0.4, -0.2) is 5.94 Å². The van der Waals surface area contributed by atoms with Crippen molar-refractivity contribution in [2.24, 2.45) is 0 Å². The lowest BCUT2D eigenvalue weighted by molar-refractivity contribution is 0.568. The van der Waals surface area contributed by atoms with Crippen LogP contribution in [-0.2, 0) is 4.79 Å². The highest BCUT2D eigenvalue weighted by atomic mass is 32.1. The molecule has 2 rings (SSSR count). The number of allylic oxidation sites excluding steroid dienone is 1. The molecule has 16 heavy (non-hydrogen) atoms. The maximum absolute atomic E-state index is 10.6. The molecule has 2 heteroatoms. The Hall–Kier alpha value is -1.63. The average Bonchev–Trinajstić information content (AvgIpc) is 2.81. The lowest BCUT2D eigenvalue weighted by Crippen LogP contribution is -1.95. The molecule has 0 fully saturated rings. The normalized spacial score (nSPS) is 11.8. The van der Waals surface area contributed by atoms with E-state index in [0.717, 1.165) is 5.56 Å². The lowest BCUT2D eigenvalue weighted by Gasteiger charge is -2.09. The molecule has 0 aliphatic rings. The third-order valence-electron chi connectivity index (χ3n) is 2.52. The van der Waals surface area contributed by atoms with Crippen LogP contribution in [0.3, 0.4) is 0 Å². The highest BCUT2D eigenvalue weighted by Crippen LogP contribution is 2.28. The monoisotopic (exact) mass is 228 g/mol. The van der Waals surface area contributed by atoms with Gasteiger partial charge in [0.1, 0.15) is 5.94 Å². The molecule has 1 nitrogen and oxygen atoms in total. The molecule has 0 amide bonds. The molecule has 1 aromatic heterocycles. The van der Waals surface area contributed by atoms with E-state index >= 15 is 0 Å². The molecular formula is C14H12OS. The van der Waals surface area contributed by atoms with Crippen LogP contribution in [0.1, 0.15) is 21.9 Å². The number of rotatable bonds is 3. The van der Waals surface area contributed by atoms with Crippen molar-refractivity contribution in [1.82, 2.24) is 0 Å². The first-order chi connectivity index (χ1) is 7.81. The molecule has 0 aliphatic heterocycles. The van der Waals surface area contributed by atoms with E-state index in [1.54, 1.807) is 17.4 Å². The quantitative estimate of drug-likeness (QED) is 0.734. The predicted molar refractivity (Wildman–Crippen MR) is 67.6 cm³/mol. The van der Waals surface area contributed by atoms with E-state index in [4.69, 9.17) is 0 Å². The molecule has 0 aliphatic carbocycles. The van der Waals surface area contributed by atoms with Crippen LogP contribution in [0.25, 0.3) is 0 Å². The van der Waals surface area contributed by atoms with Gasteiger partial charge in [0.05, 0.1) is 0 Å². The molecule has 0 radical (unpaired) electrons. The van der Waals surface area contributed by atoms with Gasteiger partial charge in [-0.25, -0.2) is 4.79 Å². The fourth-order valence-electron chi connectivity index (χ4n) is 1.65. The highest BCUT2D eigenvalue weighted by Gasteiger charge is 2.11. The number of hydrogen-bond donors (Lipinski definition) is 0. The van der Waals surface area contributed by atoms with Crippen LogP contribution in [0.4, 0.5) is 0 Å². The van der Waals surface area contributed by atoms with Crippen molar-refractivity contribution in [2.45, 2.75) is 12.8 Å². The first kappa shape index (κ1) is 10.9. The van der Waals surface area contributed by atoms with Crippen LogP contribution >= 0.6 is 11.3 Å². The zero-order valence-corrected chi connectivity index (χ0v) is 9.83. The second kappa shape index (κ2) is 4.93. The van der Waals surface area contributed by atoms with Gasteiger partial charge in [0.15, 0.2) is 0 Å². The Balaban J connectivity index is 2.40. The van der Waals surface area contributed by atoms with E-state index in [1.807, 2.05) is 23.5 Å². The molecule has 1 unspecified atom stereocenters. The lowest BCUT2D eigenvalue weighted by atomic mass is 9.97. The summed E-state index contributed by atoms with van der Waals surface area (Å²) < 4.78 is 0. The van der Waals surface area contributed by atoms with E-state index in [2.05, 4.69) is 31.2 Å². The summed E-state index contributed by atoms with van der Waals surface area (Å²) in [6.07, 6.45) is 1.58. The maximum Gasteiger partial charge on any atom is 0.121 e. The van der Waals surface area contributed by atoms with Gasteiger partial charge in [-0.3, -0.25) is 0 Å². The minimum atomic E-state index is 0.0399. The third-order valence-corrected chi connectivity index (χ3v) is 3.48. The molecule has 80 valence electrons. The molecule has 0 saturated carbocycles. The van der Waals surface area contributed by atoms with Crippen molar-refractivity contribution in [3.63, 3.8) is 0 Å². The third kappa shape index (κ3) is 2.30. The Bertz CT molecular complexity index is 490. The smallest absolute Gasteiger partial charge is 0.121 e. The van der Waals surface area contributed by atoms with E-state index in [0.29, 0.717) is 0 Å². The molecule has 1 atom stereocenters. The summed E-state index contributed by atoms with van der Waals surface area (Å²) >= 11 is 1.66. The van der Waals surface area contributed by atoms with Crippen molar-refractivity contribution < 1.29 is 4.79 Å². The van der Waals surface area contributed by atoms with Gasteiger partial charge in [-0.05, 0) is 23.9 Å². The molecule has 0 spiro atoms. The van der Waals surface area contributed by atoms with Crippen LogP contribution in [0.15, 0.2) is 47.9 Å². The van der Waals surface area contributed by atoms with Crippen LogP contribution < -0.4 is 0 Å². The van der Waals surface area contributed by atoms with E-state index in [9.17, 15) is 4.79 Å². The van der Waals surface area contributed by atoms with Crippen molar-refractivity contribution in [1.29, 1.82) is 0 Å². The summed E-state index contributed by atoms with van der Waals surface area (Å²) in [5, 5.41) is 2.02. The second-order valence-corrected chi connectivity index (χ2v) is 4.67. The molecule has 1 heterocycles. The fourth-order valence-corrected chi connectivity index (χ4v) is 2.47. The van der Waals surface area contributed by atoms with E-state index in [-0.39, 0.29) is 5.92 Å². The second-order valence-electron chi connectivity index (χ2n) is 3.69. The number of carbonyl (C=O) groups excluding carboxylic acids is 1. The van der Waals surface area contributed by atoms with Gasteiger partial charge in [0.2, 0.25) is 0 Å². The summed E-state index contributed by atoms with van der Waals surface area (Å²) in [6, 6.07) is 12.3. The minimum Gasteiger partial charge on any atom is -0.234 e. The topological polar surface area (TPSA) is 17.1 Å². The SMILES string of the molecule is Cc1ccc(C(C=C=O)c2cccs2)cc1. The van der Waals surface area contributed by atoms with Crippen molar-refractivity contribution in [2.75, 3.05) is 0 Å². The maximum atomic E-state index is 10.6. The Morgan fingerprint density at radius 3 is 2.56 bits per heavy atom. The first-order valence-corrected chi connectivity index (χ1v) is 6.00. The Morgan fingerprint density at radius 2 is 2.00 bits per heavy atom. The van der Waals surface area contributed by atoms with Gasteiger partial charge in [-0.1, -0.05) is 35.9 Å². The molecule has 0 bridgehead atoms. The summed E-state index contributed by atoms with van der Waals surface area (Å²) in [4.78, 5) is 11.7. The van der Waals surface area contributed by atoms with Gasteiger partial charge in [0.25, 0.3) is 0 Å². The molecule has 0 saturated heterocycles. The van der Waals surface area contributed by atoms with Gasteiger partial charge in [0, 0.05) is 16.9 Å². The molecular weight excluding hydrogens is 216 g/mol. The summed E-state index contributed by atoms with van der Waals surface area (Å²) in [5.41, 5.74) is 2.36. The zero-order chi connectivity index (χ0) is 11.4. The zero-order valence-electron chi connectivity index (χ0n) is 9.01. The number of aryl methyl sites for hydroxylation is 1. The largest absolute Gasteiger partial charge is 0.234 e. The van der Waals surface area contributed by atoms with Crippen molar-refractivity contribution in [3.8, 4) is 0 Å². The highest BCUT2D eigenvalue weighted by molar-refractivity contribution is 7.10. The Labute approximate surface area is 99.1 Å². The summed E-state index contributed by atoms with van der Waals surface area (Å²) in [6.45, 7) is 2.06. The van der Waals surface area contributed by atoms with Crippen LogP contribution in [0, 0.1) is 6.92 Å². The predicted octanol–water partition coefficient (Wildman–Crippen LogP) is 3.58. The Morgan fingerprint density at radius 1 is 1.25 bits per heavy atom. The van der Waals surface area contributed by atoms with Crippen molar-refractivity contribution >= 4 is 17.3 Å². The summed E-state index contributed by atoms with van der Waals surface area (Å²) in [7, 11) is 0. The van der Waals surface area contributed by atoms with Crippen molar-refractivity contribution in [3.05, 3.63) is 63.9 Å². The van der Waals surface area contributed by atoms with Crippen LogP contribution in [0.5, 0.6) is 0 Å². The summed E-state index contributed by atoms with van der Waals surface area (Å²) in [5.74, 6) is 1.94. The average molecular weight is 228 g/mol. The molecule has 0 N–H and O–H groups in total. The van der Waals surface area contributed by atoms with Gasteiger partial charge >= 0.3 is 0 Å². The number of thiophene rings is 1. The van der Waals surface area contributed by atoms with Gasteiger partial charge in [-0.15, -0.1) is 11.3 Å². The standard InChI is InChI=1S/C14H12OS/c1-11-4-6-12(7-5-11)13(8-9-15)14-3-2-10-16-14/h2-8,10,13H,1H3. The number of benzene rings is 1. The molecule has 2 aromatic rings. The molecule has 1 aromatic carbocycles. The first-order valence-electron chi connectivity index (χ1n) is 5.12. The van der Waals surface area contributed by atoms with Gasteiger partial charge < -0.3 is 0 Å². The van der Waals surface area contributed by atoms with E-state index < -0.39 is 0 Å².